The first-order chi connectivity index (χ1) is 7.81. The number of hydrogen-bond donors (Lipinski definition) is 2. The van der Waals surface area contributed by atoms with Crippen LogP contribution in [0.4, 0.5) is 0 Å². The fourth-order valence-corrected chi connectivity index (χ4v) is 2.60. The molecule has 1 amide bonds. The van der Waals surface area contributed by atoms with Crippen LogP contribution in [0.25, 0.3) is 0 Å². The summed E-state index contributed by atoms with van der Waals surface area (Å²) in [4.78, 5) is 13.2. The zero-order valence-electron chi connectivity index (χ0n) is 9.32. The smallest absolute Gasteiger partial charge is 0.228 e. The topological polar surface area (TPSA) is 55.1 Å². The van der Waals surface area contributed by atoms with E-state index in [1.807, 2.05) is 17.5 Å². The second-order valence-electron chi connectivity index (χ2n) is 4.28. The van der Waals surface area contributed by atoms with Crippen molar-refractivity contribution < 1.29 is 4.79 Å². The minimum atomic E-state index is 0.00384. The van der Waals surface area contributed by atoms with Crippen LogP contribution in [0.2, 0.25) is 0 Å². The van der Waals surface area contributed by atoms with Crippen LogP contribution in [-0.2, 0) is 4.79 Å². The number of hydrogen-bond acceptors (Lipinski definition) is 3. The van der Waals surface area contributed by atoms with E-state index in [1.165, 1.54) is 0 Å². The number of amides is 1. The van der Waals surface area contributed by atoms with Gasteiger partial charge in [-0.3, -0.25) is 4.79 Å². The van der Waals surface area contributed by atoms with Gasteiger partial charge in [0.2, 0.25) is 5.91 Å². The highest BCUT2D eigenvalue weighted by Gasteiger charge is 2.28. The summed E-state index contributed by atoms with van der Waals surface area (Å²) in [6, 6.07) is 4.48. The normalized spacial score (nSPS) is 17.1. The zero-order chi connectivity index (χ0) is 11.4. The van der Waals surface area contributed by atoms with E-state index >= 15 is 0 Å². The van der Waals surface area contributed by atoms with Gasteiger partial charge in [0.1, 0.15) is 0 Å². The third kappa shape index (κ3) is 3.06. The van der Waals surface area contributed by atoms with Crippen molar-refractivity contribution in [1.29, 1.82) is 0 Å². The van der Waals surface area contributed by atoms with Crippen LogP contribution in [0.1, 0.15) is 36.5 Å². The standard InChI is InChI=1S/C12H18N2OS/c13-7-1-3-10(11-4-2-8-16-11)12(15)14-9-5-6-9/h2,4,8-10H,1,3,5-7,13H2,(H,14,15). The summed E-state index contributed by atoms with van der Waals surface area (Å²) in [5, 5.41) is 5.10. The molecule has 1 aromatic rings. The predicted octanol–water partition coefficient (Wildman–Crippen LogP) is 1.85. The van der Waals surface area contributed by atoms with Crippen molar-refractivity contribution in [2.45, 2.75) is 37.6 Å². The summed E-state index contributed by atoms with van der Waals surface area (Å²) in [7, 11) is 0. The molecule has 0 saturated heterocycles. The Kier molecular flexibility index (Phi) is 3.96. The molecule has 1 aliphatic rings. The van der Waals surface area contributed by atoms with Gasteiger partial charge in [0, 0.05) is 10.9 Å². The number of carbonyl (C=O) groups is 1. The van der Waals surface area contributed by atoms with E-state index in [1.54, 1.807) is 11.3 Å². The van der Waals surface area contributed by atoms with Gasteiger partial charge < -0.3 is 11.1 Å². The summed E-state index contributed by atoms with van der Waals surface area (Å²) in [5.41, 5.74) is 5.52. The number of nitrogens with one attached hydrogen (secondary N) is 1. The van der Waals surface area contributed by atoms with E-state index < -0.39 is 0 Å². The molecule has 4 heteroatoms. The van der Waals surface area contributed by atoms with Crippen molar-refractivity contribution >= 4 is 17.2 Å². The molecule has 1 atom stereocenters. The van der Waals surface area contributed by atoms with Gasteiger partial charge in [-0.1, -0.05) is 6.07 Å². The third-order valence-electron chi connectivity index (χ3n) is 2.82. The summed E-state index contributed by atoms with van der Waals surface area (Å²) >= 11 is 1.66. The SMILES string of the molecule is NCCCC(C(=O)NC1CC1)c1cccs1. The average Bonchev–Trinajstić information content (AvgIpc) is 2.93. The maximum atomic E-state index is 12.1. The Bertz CT molecular complexity index is 333. The molecule has 88 valence electrons. The number of carbonyl (C=O) groups excluding carboxylic acids is 1. The van der Waals surface area contributed by atoms with Crippen molar-refractivity contribution in [2.24, 2.45) is 5.73 Å². The molecule has 0 aliphatic heterocycles. The number of thiophene rings is 1. The molecule has 0 aromatic carbocycles. The molecular formula is C12H18N2OS. The number of rotatable bonds is 6. The van der Waals surface area contributed by atoms with E-state index in [0.29, 0.717) is 12.6 Å². The fourth-order valence-electron chi connectivity index (χ4n) is 1.74. The van der Waals surface area contributed by atoms with E-state index in [0.717, 1.165) is 30.6 Å². The Morgan fingerprint density at radius 3 is 3.00 bits per heavy atom. The quantitative estimate of drug-likeness (QED) is 0.794. The van der Waals surface area contributed by atoms with Gasteiger partial charge in [-0.05, 0) is 43.7 Å². The van der Waals surface area contributed by atoms with Crippen molar-refractivity contribution in [3.63, 3.8) is 0 Å². The molecule has 1 aromatic heterocycles. The summed E-state index contributed by atoms with van der Waals surface area (Å²) < 4.78 is 0. The first-order valence-corrected chi connectivity index (χ1v) is 6.73. The zero-order valence-corrected chi connectivity index (χ0v) is 10.1. The Morgan fingerprint density at radius 1 is 1.62 bits per heavy atom. The van der Waals surface area contributed by atoms with Crippen LogP contribution in [0.3, 0.4) is 0 Å². The Labute approximate surface area is 100 Å². The molecular weight excluding hydrogens is 220 g/mol. The maximum absolute atomic E-state index is 12.1. The van der Waals surface area contributed by atoms with Gasteiger partial charge in [0.05, 0.1) is 5.92 Å². The van der Waals surface area contributed by atoms with Crippen LogP contribution >= 0.6 is 11.3 Å². The van der Waals surface area contributed by atoms with Gasteiger partial charge in [0.15, 0.2) is 0 Å². The number of nitrogens with two attached hydrogens (primary N) is 1. The summed E-state index contributed by atoms with van der Waals surface area (Å²) in [6.45, 7) is 0.651. The average molecular weight is 238 g/mol. The monoisotopic (exact) mass is 238 g/mol. The Balaban J connectivity index is 1.98. The van der Waals surface area contributed by atoms with Gasteiger partial charge in [-0.25, -0.2) is 0 Å². The molecule has 3 N–H and O–H groups in total. The van der Waals surface area contributed by atoms with E-state index in [2.05, 4.69) is 5.32 Å². The molecule has 1 saturated carbocycles. The van der Waals surface area contributed by atoms with Crippen molar-refractivity contribution in [2.75, 3.05) is 6.54 Å². The molecule has 3 nitrogen and oxygen atoms in total. The summed E-state index contributed by atoms with van der Waals surface area (Å²) in [5.74, 6) is 0.183. The van der Waals surface area contributed by atoms with Crippen LogP contribution in [0.5, 0.6) is 0 Å². The molecule has 1 aliphatic carbocycles. The molecule has 16 heavy (non-hydrogen) atoms. The van der Waals surface area contributed by atoms with Crippen LogP contribution in [-0.4, -0.2) is 18.5 Å². The Hall–Kier alpha value is -0.870. The van der Waals surface area contributed by atoms with Crippen molar-refractivity contribution in [1.82, 2.24) is 5.32 Å². The molecule has 1 unspecified atom stereocenters. The van der Waals surface area contributed by atoms with Gasteiger partial charge in [-0.2, -0.15) is 0 Å². The molecule has 0 spiro atoms. The lowest BCUT2D eigenvalue weighted by Crippen LogP contribution is -2.31. The van der Waals surface area contributed by atoms with Crippen LogP contribution in [0.15, 0.2) is 17.5 Å². The second kappa shape index (κ2) is 5.46. The predicted molar refractivity (Wildman–Crippen MR) is 66.5 cm³/mol. The molecule has 0 bridgehead atoms. The second-order valence-corrected chi connectivity index (χ2v) is 5.26. The van der Waals surface area contributed by atoms with E-state index in [4.69, 9.17) is 5.73 Å². The minimum absolute atomic E-state index is 0.00384. The van der Waals surface area contributed by atoms with Crippen LogP contribution < -0.4 is 11.1 Å². The lowest BCUT2D eigenvalue weighted by Gasteiger charge is -2.14. The first-order valence-electron chi connectivity index (χ1n) is 5.85. The van der Waals surface area contributed by atoms with Crippen molar-refractivity contribution in [3.8, 4) is 0 Å². The van der Waals surface area contributed by atoms with Gasteiger partial charge >= 0.3 is 0 Å². The van der Waals surface area contributed by atoms with Crippen molar-refractivity contribution in [3.05, 3.63) is 22.4 Å². The molecule has 1 fully saturated rings. The highest BCUT2D eigenvalue weighted by Crippen LogP contribution is 2.27. The minimum Gasteiger partial charge on any atom is -0.353 e. The van der Waals surface area contributed by atoms with Crippen LogP contribution in [0, 0.1) is 0 Å². The van der Waals surface area contributed by atoms with E-state index in [-0.39, 0.29) is 11.8 Å². The van der Waals surface area contributed by atoms with E-state index in [9.17, 15) is 4.79 Å². The highest BCUT2D eigenvalue weighted by molar-refractivity contribution is 7.10. The first kappa shape index (κ1) is 11.6. The maximum Gasteiger partial charge on any atom is 0.228 e. The molecule has 0 radical (unpaired) electrons. The largest absolute Gasteiger partial charge is 0.353 e. The van der Waals surface area contributed by atoms with Gasteiger partial charge in [0.25, 0.3) is 0 Å². The fraction of sp³-hybridized carbons (Fsp3) is 0.583. The third-order valence-corrected chi connectivity index (χ3v) is 3.81. The lowest BCUT2D eigenvalue weighted by atomic mass is 10.0. The lowest BCUT2D eigenvalue weighted by molar-refractivity contribution is -0.122. The van der Waals surface area contributed by atoms with Gasteiger partial charge in [-0.15, -0.1) is 11.3 Å². The molecule has 2 rings (SSSR count). The summed E-state index contributed by atoms with van der Waals surface area (Å²) in [6.07, 6.45) is 4.04. The highest BCUT2D eigenvalue weighted by atomic mass is 32.1. The molecule has 1 heterocycles. The Morgan fingerprint density at radius 2 is 2.44 bits per heavy atom.